The number of hydrogen-bond donors (Lipinski definition) is 4. The highest BCUT2D eigenvalue weighted by Crippen LogP contribution is 2.37. The largest absolute Gasteiger partial charge is 0.444 e. The first-order chi connectivity index (χ1) is 20.4. The van der Waals surface area contributed by atoms with Gasteiger partial charge in [0, 0.05) is 31.3 Å². The molecule has 0 bridgehead atoms. The lowest BCUT2D eigenvalue weighted by Crippen LogP contribution is -2.51. The summed E-state index contributed by atoms with van der Waals surface area (Å²) >= 11 is 0. The highest BCUT2D eigenvalue weighted by Gasteiger charge is 2.37. The number of nitrogens with zero attached hydrogens (tertiary/aromatic N) is 1. The molecule has 1 aliphatic heterocycles. The molecule has 12 heteroatoms. The molecule has 1 saturated carbocycles. The van der Waals surface area contributed by atoms with E-state index < -0.39 is 52.9 Å². The predicted molar refractivity (Wildman–Crippen MR) is 158 cm³/mol. The first-order valence-corrected chi connectivity index (χ1v) is 14.6. The van der Waals surface area contributed by atoms with Gasteiger partial charge in [0.15, 0.2) is 0 Å². The summed E-state index contributed by atoms with van der Waals surface area (Å²) in [6.45, 7) is 5.72. The summed E-state index contributed by atoms with van der Waals surface area (Å²) in [6, 6.07) is 9.53. The average Bonchev–Trinajstić information content (AvgIpc) is 3.68. The number of carbonyl (C=O) groups is 5. The van der Waals surface area contributed by atoms with Gasteiger partial charge in [-0.3, -0.25) is 29.3 Å². The standard InChI is InChI=1S/C31H39N5O7/c1-31(2,3)43-30(42)34-22-12-14-36(25(37)17-22)24(15-19-9-10-19)28(40)35-23(16-21-11-13-32-27(21)39)26(38)29(41)33-18-20-7-5-4-6-8-20/h4-8,12,14,17,19,21,23-24H,9-11,13,15-16,18H2,1-3H3,(H,32,39)(H,33,41)(H,34,42)(H,35,40)/t21-,23-,24-/m0/s1. The van der Waals surface area contributed by atoms with E-state index in [1.807, 2.05) is 18.2 Å². The molecule has 0 unspecified atom stereocenters. The third-order valence-corrected chi connectivity index (χ3v) is 7.32. The van der Waals surface area contributed by atoms with Gasteiger partial charge in [-0.1, -0.05) is 43.2 Å². The van der Waals surface area contributed by atoms with Crippen LogP contribution < -0.4 is 26.8 Å². The van der Waals surface area contributed by atoms with Crippen LogP contribution in [0.15, 0.2) is 53.5 Å². The average molecular weight is 594 g/mol. The van der Waals surface area contributed by atoms with Crippen LogP contribution in [-0.2, 0) is 30.5 Å². The number of Topliss-reactive ketones (excluding diaryl/α,β-unsaturated/α-hetero) is 1. The molecular formula is C31H39N5O7. The Morgan fingerprint density at radius 3 is 2.35 bits per heavy atom. The molecule has 2 aliphatic rings. The van der Waals surface area contributed by atoms with Gasteiger partial charge >= 0.3 is 6.09 Å². The Morgan fingerprint density at radius 1 is 1.02 bits per heavy atom. The van der Waals surface area contributed by atoms with Gasteiger partial charge in [-0.25, -0.2) is 4.79 Å². The molecule has 1 aliphatic carbocycles. The zero-order chi connectivity index (χ0) is 31.1. The van der Waals surface area contributed by atoms with E-state index in [9.17, 15) is 28.8 Å². The van der Waals surface area contributed by atoms with Gasteiger partial charge in [-0.2, -0.15) is 0 Å². The zero-order valence-corrected chi connectivity index (χ0v) is 24.7. The van der Waals surface area contributed by atoms with Crippen LogP contribution in [0.4, 0.5) is 10.5 Å². The van der Waals surface area contributed by atoms with Gasteiger partial charge in [0.25, 0.3) is 11.5 Å². The number of nitrogens with one attached hydrogen (secondary N) is 4. The molecule has 4 amide bonds. The maximum Gasteiger partial charge on any atom is 0.412 e. The van der Waals surface area contributed by atoms with Crippen molar-refractivity contribution in [3.05, 3.63) is 64.6 Å². The minimum absolute atomic E-state index is 0.0427. The predicted octanol–water partition coefficient (Wildman–Crippen LogP) is 2.43. The maximum absolute atomic E-state index is 13.7. The molecule has 2 fully saturated rings. The molecule has 1 aromatic heterocycles. The van der Waals surface area contributed by atoms with Crippen LogP contribution in [-0.4, -0.2) is 52.4 Å². The number of rotatable bonds is 12. The fraction of sp³-hybridized carbons (Fsp3) is 0.484. The molecule has 0 spiro atoms. The molecule has 4 rings (SSSR count). The van der Waals surface area contributed by atoms with Crippen LogP contribution in [0.25, 0.3) is 0 Å². The zero-order valence-electron chi connectivity index (χ0n) is 24.7. The molecule has 4 N–H and O–H groups in total. The van der Waals surface area contributed by atoms with E-state index in [0.717, 1.165) is 18.4 Å². The normalized spacial score (nSPS) is 17.7. The Balaban J connectivity index is 1.51. The number of pyridine rings is 1. The second kappa shape index (κ2) is 13.7. The molecule has 230 valence electrons. The van der Waals surface area contributed by atoms with E-state index in [2.05, 4.69) is 21.3 Å². The van der Waals surface area contributed by atoms with Gasteiger partial charge in [0.1, 0.15) is 11.6 Å². The monoisotopic (exact) mass is 593 g/mol. The fourth-order valence-corrected chi connectivity index (χ4v) is 4.94. The van der Waals surface area contributed by atoms with Crippen LogP contribution in [0.1, 0.15) is 64.5 Å². The summed E-state index contributed by atoms with van der Waals surface area (Å²) in [6.07, 6.45) is 3.29. The third kappa shape index (κ3) is 9.25. The van der Waals surface area contributed by atoms with E-state index in [0.29, 0.717) is 19.4 Å². The Morgan fingerprint density at radius 2 is 1.74 bits per heavy atom. The summed E-state index contributed by atoms with van der Waals surface area (Å²) in [5, 5.41) is 10.5. The Bertz CT molecular complexity index is 1410. The summed E-state index contributed by atoms with van der Waals surface area (Å²) in [7, 11) is 0. The molecule has 2 heterocycles. The Labute approximate surface area is 249 Å². The van der Waals surface area contributed by atoms with Crippen molar-refractivity contribution in [1.82, 2.24) is 20.5 Å². The second-order valence-corrected chi connectivity index (χ2v) is 12.1. The van der Waals surface area contributed by atoms with E-state index >= 15 is 0 Å². The molecule has 12 nitrogen and oxygen atoms in total. The molecule has 0 radical (unpaired) electrons. The SMILES string of the molecule is CC(C)(C)OC(=O)Nc1ccn([C@@H](CC2CC2)C(=O)N[C@@H](C[C@@H]2CCNC2=O)C(=O)C(=O)NCc2ccccc2)c(=O)c1. The lowest BCUT2D eigenvalue weighted by molar-refractivity contribution is -0.141. The van der Waals surface area contributed by atoms with Crippen molar-refractivity contribution < 1.29 is 28.7 Å². The minimum Gasteiger partial charge on any atom is -0.444 e. The van der Waals surface area contributed by atoms with Gasteiger partial charge in [-0.15, -0.1) is 0 Å². The summed E-state index contributed by atoms with van der Waals surface area (Å²) < 4.78 is 6.49. The molecular weight excluding hydrogens is 554 g/mol. The quantitative estimate of drug-likeness (QED) is 0.275. The van der Waals surface area contributed by atoms with E-state index in [1.165, 1.54) is 22.9 Å². The van der Waals surface area contributed by atoms with Crippen molar-refractivity contribution in [3.8, 4) is 0 Å². The number of anilines is 1. The van der Waals surface area contributed by atoms with E-state index in [-0.39, 0.29) is 30.5 Å². The number of ether oxygens (including phenoxy) is 1. The van der Waals surface area contributed by atoms with Crippen LogP contribution in [0.2, 0.25) is 0 Å². The number of carbonyl (C=O) groups excluding carboxylic acids is 5. The van der Waals surface area contributed by atoms with Crippen molar-refractivity contribution in [2.45, 2.75) is 77.1 Å². The van der Waals surface area contributed by atoms with Crippen molar-refractivity contribution in [2.75, 3.05) is 11.9 Å². The van der Waals surface area contributed by atoms with Crippen LogP contribution in [0, 0.1) is 11.8 Å². The summed E-state index contributed by atoms with van der Waals surface area (Å²) in [5.41, 5.74) is -0.254. The number of benzene rings is 1. The summed E-state index contributed by atoms with van der Waals surface area (Å²) in [5.74, 6) is -2.89. The highest BCUT2D eigenvalue weighted by atomic mass is 16.6. The minimum atomic E-state index is -1.26. The molecule has 43 heavy (non-hydrogen) atoms. The number of ketones is 1. The van der Waals surface area contributed by atoms with Crippen molar-refractivity contribution in [3.63, 3.8) is 0 Å². The smallest absolute Gasteiger partial charge is 0.412 e. The molecule has 3 atom stereocenters. The Hall–Kier alpha value is -4.48. The van der Waals surface area contributed by atoms with E-state index in [4.69, 9.17) is 4.74 Å². The van der Waals surface area contributed by atoms with Gasteiger partial charge in [-0.05, 0) is 57.6 Å². The third-order valence-electron chi connectivity index (χ3n) is 7.32. The van der Waals surface area contributed by atoms with Crippen molar-refractivity contribution in [2.24, 2.45) is 11.8 Å². The second-order valence-electron chi connectivity index (χ2n) is 12.1. The van der Waals surface area contributed by atoms with Gasteiger partial charge in [0.2, 0.25) is 17.6 Å². The molecule has 2 aromatic rings. The lowest BCUT2D eigenvalue weighted by Gasteiger charge is -2.25. The van der Waals surface area contributed by atoms with E-state index in [1.54, 1.807) is 32.9 Å². The number of amides is 4. The van der Waals surface area contributed by atoms with Crippen molar-refractivity contribution in [1.29, 1.82) is 0 Å². The molecule has 1 saturated heterocycles. The maximum atomic E-state index is 13.7. The highest BCUT2D eigenvalue weighted by molar-refractivity contribution is 6.38. The first kappa shape index (κ1) is 31.5. The molecule has 1 aromatic carbocycles. The topological polar surface area (TPSA) is 165 Å². The number of hydrogen-bond acceptors (Lipinski definition) is 7. The van der Waals surface area contributed by atoms with Crippen LogP contribution in [0.5, 0.6) is 0 Å². The van der Waals surface area contributed by atoms with Gasteiger partial charge < -0.3 is 25.3 Å². The summed E-state index contributed by atoms with van der Waals surface area (Å²) in [4.78, 5) is 77.5. The Kier molecular flexibility index (Phi) is 9.99. The van der Waals surface area contributed by atoms with Gasteiger partial charge in [0.05, 0.1) is 11.7 Å². The first-order valence-electron chi connectivity index (χ1n) is 14.6. The lowest BCUT2D eigenvalue weighted by atomic mass is 9.94. The van der Waals surface area contributed by atoms with Crippen molar-refractivity contribution >= 4 is 35.3 Å². The number of aromatic nitrogens is 1. The fourth-order valence-electron chi connectivity index (χ4n) is 4.94. The van der Waals surface area contributed by atoms with Crippen LogP contribution >= 0.6 is 0 Å². The van der Waals surface area contributed by atoms with Crippen LogP contribution in [0.3, 0.4) is 0 Å².